The number of carbonyl (C=O) groups excluding carboxylic acids is 1. The average molecular weight is 241 g/mol. The van der Waals surface area contributed by atoms with E-state index < -0.39 is 5.97 Å². The second kappa shape index (κ2) is 9.87. The molecule has 4 heteroatoms. The Labute approximate surface area is 103 Å². The molecule has 4 nitrogen and oxygen atoms in total. The van der Waals surface area contributed by atoms with Gasteiger partial charge in [0.2, 0.25) is 5.91 Å². The first-order valence-electron chi connectivity index (χ1n) is 6.30. The van der Waals surface area contributed by atoms with Crippen LogP contribution < -0.4 is 5.32 Å². The molecule has 0 aromatic rings. The maximum atomic E-state index is 11.6. The van der Waals surface area contributed by atoms with Gasteiger partial charge in [0, 0.05) is 12.1 Å². The van der Waals surface area contributed by atoms with E-state index in [2.05, 4.69) is 12.2 Å². The molecule has 98 valence electrons. The third-order valence-electron chi connectivity index (χ3n) is 2.42. The zero-order valence-electron chi connectivity index (χ0n) is 10.8. The average Bonchev–Trinajstić information content (AvgIpc) is 2.27. The van der Waals surface area contributed by atoms with Crippen molar-refractivity contribution in [2.75, 3.05) is 6.54 Å². The number of rotatable bonds is 9. The normalized spacial score (nSPS) is 11.3. The van der Waals surface area contributed by atoms with Crippen molar-refractivity contribution < 1.29 is 14.7 Å². The van der Waals surface area contributed by atoms with Crippen LogP contribution in [0.1, 0.15) is 52.4 Å². The van der Waals surface area contributed by atoms with Crippen LogP contribution >= 0.6 is 0 Å². The highest BCUT2D eigenvalue weighted by atomic mass is 16.4. The summed E-state index contributed by atoms with van der Waals surface area (Å²) in [6.45, 7) is 4.48. The maximum absolute atomic E-state index is 11.6. The molecule has 0 aromatic carbocycles. The van der Waals surface area contributed by atoms with Gasteiger partial charge in [-0.25, -0.2) is 0 Å². The first-order chi connectivity index (χ1) is 8.11. The minimum Gasteiger partial charge on any atom is -0.481 e. The lowest BCUT2D eigenvalue weighted by atomic mass is 10.1. The summed E-state index contributed by atoms with van der Waals surface area (Å²) in [5.41, 5.74) is 0.371. The number of carbonyl (C=O) groups is 2. The zero-order chi connectivity index (χ0) is 13.1. The van der Waals surface area contributed by atoms with Crippen LogP contribution in [-0.4, -0.2) is 23.5 Å². The molecule has 0 aliphatic rings. The Balaban J connectivity index is 4.20. The Bertz CT molecular complexity index is 272. The van der Waals surface area contributed by atoms with Crippen molar-refractivity contribution in [1.82, 2.24) is 5.32 Å². The number of unbranched alkanes of at least 4 members (excludes halogenated alkanes) is 4. The molecule has 0 heterocycles. The van der Waals surface area contributed by atoms with Gasteiger partial charge in [0.1, 0.15) is 0 Å². The standard InChI is InChI=1S/C13H23NO3/c1-3-5-6-7-8-9-11(10-12(15)16)13(17)14-4-2/h9H,3-8,10H2,1-2H3,(H,14,17)(H,15,16). The summed E-state index contributed by atoms with van der Waals surface area (Å²) >= 11 is 0. The smallest absolute Gasteiger partial charge is 0.308 e. The molecule has 0 unspecified atom stereocenters. The lowest BCUT2D eigenvalue weighted by molar-refractivity contribution is -0.137. The summed E-state index contributed by atoms with van der Waals surface area (Å²) in [6.07, 6.45) is 6.83. The lowest BCUT2D eigenvalue weighted by Gasteiger charge is -2.05. The van der Waals surface area contributed by atoms with Crippen molar-refractivity contribution in [3.05, 3.63) is 11.6 Å². The van der Waals surface area contributed by atoms with Crippen molar-refractivity contribution in [2.24, 2.45) is 0 Å². The molecule has 0 atom stereocenters. The fourth-order valence-electron chi connectivity index (χ4n) is 1.53. The Morgan fingerprint density at radius 1 is 1.18 bits per heavy atom. The SMILES string of the molecule is CCCCCCC=C(CC(=O)O)C(=O)NCC. The van der Waals surface area contributed by atoms with E-state index in [0.29, 0.717) is 12.1 Å². The van der Waals surface area contributed by atoms with Crippen LogP contribution in [0.3, 0.4) is 0 Å². The molecule has 1 amide bonds. The van der Waals surface area contributed by atoms with E-state index in [0.717, 1.165) is 19.3 Å². The number of amides is 1. The molecule has 0 bridgehead atoms. The fraction of sp³-hybridized carbons (Fsp3) is 0.692. The number of likely N-dealkylation sites (N-methyl/N-ethyl adjacent to an activating group) is 1. The van der Waals surface area contributed by atoms with Crippen LogP contribution in [0.25, 0.3) is 0 Å². The molecule has 2 N–H and O–H groups in total. The number of aliphatic carboxylic acids is 1. The second-order valence-electron chi connectivity index (χ2n) is 4.01. The van der Waals surface area contributed by atoms with Crippen molar-refractivity contribution >= 4 is 11.9 Å². The maximum Gasteiger partial charge on any atom is 0.308 e. The minimum absolute atomic E-state index is 0.195. The van der Waals surface area contributed by atoms with Crippen LogP contribution in [0.5, 0.6) is 0 Å². The van der Waals surface area contributed by atoms with Gasteiger partial charge < -0.3 is 10.4 Å². The summed E-state index contributed by atoms with van der Waals surface area (Å²) < 4.78 is 0. The van der Waals surface area contributed by atoms with E-state index in [1.54, 1.807) is 6.08 Å². The molecule has 0 spiro atoms. The van der Waals surface area contributed by atoms with E-state index in [-0.39, 0.29) is 12.3 Å². The zero-order valence-corrected chi connectivity index (χ0v) is 10.8. The third kappa shape index (κ3) is 8.48. The Morgan fingerprint density at radius 2 is 1.88 bits per heavy atom. The third-order valence-corrected chi connectivity index (χ3v) is 2.42. The molecular weight excluding hydrogens is 218 g/mol. The molecule has 0 radical (unpaired) electrons. The fourth-order valence-corrected chi connectivity index (χ4v) is 1.53. The molecule has 0 aliphatic carbocycles. The van der Waals surface area contributed by atoms with Crippen LogP contribution in [-0.2, 0) is 9.59 Å². The van der Waals surface area contributed by atoms with Gasteiger partial charge in [-0.3, -0.25) is 9.59 Å². The van der Waals surface area contributed by atoms with Gasteiger partial charge in [-0.15, -0.1) is 0 Å². The number of carboxylic acids is 1. The van der Waals surface area contributed by atoms with Crippen LogP contribution in [0.4, 0.5) is 0 Å². The van der Waals surface area contributed by atoms with Gasteiger partial charge >= 0.3 is 5.97 Å². The predicted molar refractivity (Wildman–Crippen MR) is 67.8 cm³/mol. The number of allylic oxidation sites excluding steroid dienone is 1. The number of hydrogen-bond acceptors (Lipinski definition) is 2. The molecular formula is C13H23NO3. The lowest BCUT2D eigenvalue weighted by Crippen LogP contribution is -2.25. The monoisotopic (exact) mass is 241 g/mol. The van der Waals surface area contributed by atoms with E-state index in [4.69, 9.17) is 5.11 Å². The van der Waals surface area contributed by atoms with E-state index in [1.807, 2.05) is 6.92 Å². The topological polar surface area (TPSA) is 66.4 Å². The molecule has 0 saturated carbocycles. The molecule has 0 fully saturated rings. The number of hydrogen-bond donors (Lipinski definition) is 2. The highest BCUT2D eigenvalue weighted by Crippen LogP contribution is 2.08. The first kappa shape index (κ1) is 15.7. The summed E-state index contributed by atoms with van der Waals surface area (Å²) in [5.74, 6) is -1.22. The Hall–Kier alpha value is -1.32. The van der Waals surface area contributed by atoms with Crippen LogP contribution in [0, 0.1) is 0 Å². The van der Waals surface area contributed by atoms with Gasteiger partial charge in [-0.1, -0.05) is 32.3 Å². The summed E-state index contributed by atoms with van der Waals surface area (Å²) in [5, 5.41) is 11.4. The highest BCUT2D eigenvalue weighted by molar-refractivity contribution is 5.97. The largest absolute Gasteiger partial charge is 0.481 e. The van der Waals surface area contributed by atoms with Crippen molar-refractivity contribution in [3.63, 3.8) is 0 Å². The van der Waals surface area contributed by atoms with Crippen molar-refractivity contribution in [1.29, 1.82) is 0 Å². The minimum atomic E-state index is -0.962. The molecule has 0 saturated heterocycles. The van der Waals surface area contributed by atoms with Crippen LogP contribution in [0.2, 0.25) is 0 Å². The summed E-state index contributed by atoms with van der Waals surface area (Å²) in [4.78, 5) is 22.2. The quantitative estimate of drug-likeness (QED) is 0.481. The second-order valence-corrected chi connectivity index (χ2v) is 4.01. The van der Waals surface area contributed by atoms with Crippen LogP contribution in [0.15, 0.2) is 11.6 Å². The predicted octanol–water partition coefficient (Wildman–Crippen LogP) is 2.49. The Kier molecular flexibility index (Phi) is 9.11. The molecule has 17 heavy (non-hydrogen) atoms. The highest BCUT2D eigenvalue weighted by Gasteiger charge is 2.11. The summed E-state index contributed by atoms with van der Waals surface area (Å²) in [6, 6.07) is 0. The van der Waals surface area contributed by atoms with Gasteiger partial charge in [0.25, 0.3) is 0 Å². The van der Waals surface area contributed by atoms with Gasteiger partial charge in [0.05, 0.1) is 6.42 Å². The first-order valence-corrected chi connectivity index (χ1v) is 6.30. The van der Waals surface area contributed by atoms with Gasteiger partial charge in [-0.2, -0.15) is 0 Å². The van der Waals surface area contributed by atoms with E-state index in [1.165, 1.54) is 12.8 Å². The number of nitrogens with one attached hydrogen (secondary N) is 1. The summed E-state index contributed by atoms with van der Waals surface area (Å²) in [7, 11) is 0. The Morgan fingerprint density at radius 3 is 2.41 bits per heavy atom. The molecule has 0 aliphatic heterocycles. The van der Waals surface area contributed by atoms with Gasteiger partial charge in [-0.05, 0) is 19.8 Å². The van der Waals surface area contributed by atoms with Crippen molar-refractivity contribution in [2.45, 2.75) is 52.4 Å². The molecule has 0 aromatic heterocycles. The van der Waals surface area contributed by atoms with E-state index >= 15 is 0 Å². The van der Waals surface area contributed by atoms with Gasteiger partial charge in [0.15, 0.2) is 0 Å². The van der Waals surface area contributed by atoms with Crippen molar-refractivity contribution in [3.8, 4) is 0 Å². The molecule has 0 rings (SSSR count). The van der Waals surface area contributed by atoms with E-state index in [9.17, 15) is 9.59 Å². The number of carboxylic acid groups (broad SMARTS) is 1.